The maximum absolute atomic E-state index is 12.5. The summed E-state index contributed by atoms with van der Waals surface area (Å²) in [5.41, 5.74) is 1.78. The number of hydrogen-bond acceptors (Lipinski definition) is 4. The maximum atomic E-state index is 12.5. The molecule has 0 saturated carbocycles. The lowest BCUT2D eigenvalue weighted by atomic mass is 10.2. The minimum atomic E-state index is -0.0467. The number of benzene rings is 2. The molecule has 2 aromatic carbocycles. The maximum Gasteiger partial charge on any atom is 0.240 e. The zero-order chi connectivity index (χ0) is 18.5. The largest absolute Gasteiger partial charge is 0.486 e. The molecule has 0 aliphatic carbocycles. The molecule has 1 aliphatic rings. The van der Waals surface area contributed by atoms with Crippen LogP contribution in [0.4, 0.5) is 0 Å². The third-order valence-corrected chi connectivity index (χ3v) is 4.70. The Morgan fingerprint density at radius 2 is 2.00 bits per heavy atom. The first-order chi connectivity index (χ1) is 13.3. The predicted octanol–water partition coefficient (Wildman–Crippen LogP) is 2.91. The number of rotatable bonds is 7. The van der Waals surface area contributed by atoms with Gasteiger partial charge in [-0.05, 0) is 37.1 Å². The van der Waals surface area contributed by atoms with Gasteiger partial charge < -0.3 is 19.4 Å². The molecule has 1 fully saturated rings. The number of fused-ring (bicyclic) bond motifs is 1. The van der Waals surface area contributed by atoms with Gasteiger partial charge in [0.05, 0.1) is 17.1 Å². The monoisotopic (exact) mass is 365 g/mol. The number of carbonyl (C=O) groups excluding carboxylic acids is 1. The summed E-state index contributed by atoms with van der Waals surface area (Å²) in [7, 11) is 0. The molecule has 0 spiro atoms. The topological polar surface area (TPSA) is 65.4 Å². The second-order valence-electron chi connectivity index (χ2n) is 6.64. The van der Waals surface area contributed by atoms with Crippen LogP contribution in [0.15, 0.2) is 54.6 Å². The molecule has 2 heterocycles. The van der Waals surface area contributed by atoms with E-state index in [1.54, 1.807) is 0 Å². The lowest BCUT2D eigenvalue weighted by Crippen LogP contribution is -2.34. The fourth-order valence-corrected chi connectivity index (χ4v) is 3.31. The van der Waals surface area contributed by atoms with Crippen molar-refractivity contribution in [1.29, 1.82) is 0 Å². The molecule has 1 N–H and O–H groups in total. The molecule has 1 aliphatic heterocycles. The SMILES string of the molecule is O=C(Cn1c(COc2ccccc2)nc2ccccc21)NCC1CCCO1. The molecule has 4 rings (SSSR count). The van der Waals surface area contributed by atoms with Crippen molar-refractivity contribution in [2.24, 2.45) is 0 Å². The third-order valence-electron chi connectivity index (χ3n) is 4.70. The van der Waals surface area contributed by atoms with Gasteiger partial charge in [-0.25, -0.2) is 4.98 Å². The van der Waals surface area contributed by atoms with E-state index in [0.717, 1.165) is 42.1 Å². The summed E-state index contributed by atoms with van der Waals surface area (Å²) in [6.45, 7) is 1.85. The van der Waals surface area contributed by atoms with E-state index in [2.05, 4.69) is 10.3 Å². The number of carbonyl (C=O) groups is 1. The van der Waals surface area contributed by atoms with Crippen LogP contribution in [0.1, 0.15) is 18.7 Å². The molecule has 27 heavy (non-hydrogen) atoms. The molecule has 6 nitrogen and oxygen atoms in total. The highest BCUT2D eigenvalue weighted by molar-refractivity contribution is 5.81. The average molecular weight is 365 g/mol. The molecular formula is C21H23N3O3. The number of amides is 1. The minimum Gasteiger partial charge on any atom is -0.486 e. The lowest BCUT2D eigenvalue weighted by Gasteiger charge is -2.13. The molecule has 140 valence electrons. The first-order valence-corrected chi connectivity index (χ1v) is 9.30. The van der Waals surface area contributed by atoms with Crippen molar-refractivity contribution < 1.29 is 14.3 Å². The smallest absolute Gasteiger partial charge is 0.240 e. The van der Waals surface area contributed by atoms with Gasteiger partial charge in [-0.3, -0.25) is 4.79 Å². The number of hydrogen-bond donors (Lipinski definition) is 1. The van der Waals surface area contributed by atoms with Gasteiger partial charge in [-0.15, -0.1) is 0 Å². The van der Waals surface area contributed by atoms with Crippen LogP contribution >= 0.6 is 0 Å². The Labute approximate surface area is 158 Å². The van der Waals surface area contributed by atoms with Gasteiger partial charge in [0, 0.05) is 13.2 Å². The van der Waals surface area contributed by atoms with Gasteiger partial charge in [0.1, 0.15) is 24.7 Å². The summed E-state index contributed by atoms with van der Waals surface area (Å²) in [6.07, 6.45) is 2.20. The Hall–Kier alpha value is -2.86. The molecule has 3 aromatic rings. The van der Waals surface area contributed by atoms with Gasteiger partial charge >= 0.3 is 0 Å². The summed E-state index contributed by atoms with van der Waals surface area (Å²) in [4.78, 5) is 17.1. The molecule has 0 radical (unpaired) electrons. The summed E-state index contributed by atoms with van der Waals surface area (Å²) < 4.78 is 13.3. The fourth-order valence-electron chi connectivity index (χ4n) is 3.31. The Bertz CT molecular complexity index is 901. The Kier molecular flexibility index (Phi) is 5.34. The molecular weight excluding hydrogens is 342 g/mol. The van der Waals surface area contributed by atoms with Crippen molar-refractivity contribution in [1.82, 2.24) is 14.9 Å². The van der Waals surface area contributed by atoms with Crippen LogP contribution in [0.2, 0.25) is 0 Å². The predicted molar refractivity (Wildman–Crippen MR) is 102 cm³/mol. The molecule has 0 bridgehead atoms. The normalized spacial score (nSPS) is 16.5. The zero-order valence-corrected chi connectivity index (χ0v) is 15.1. The van der Waals surface area contributed by atoms with Crippen molar-refractivity contribution in [3.8, 4) is 5.75 Å². The Morgan fingerprint density at radius 1 is 1.19 bits per heavy atom. The number of nitrogens with one attached hydrogen (secondary N) is 1. The van der Waals surface area contributed by atoms with E-state index in [1.165, 1.54) is 0 Å². The first kappa shape index (κ1) is 17.5. The Balaban J connectivity index is 1.48. The summed E-state index contributed by atoms with van der Waals surface area (Å²) >= 11 is 0. The zero-order valence-electron chi connectivity index (χ0n) is 15.1. The van der Waals surface area contributed by atoms with Gasteiger partial charge in [-0.1, -0.05) is 30.3 Å². The summed E-state index contributed by atoms with van der Waals surface area (Å²) in [6, 6.07) is 17.4. The van der Waals surface area contributed by atoms with E-state index < -0.39 is 0 Å². The van der Waals surface area contributed by atoms with E-state index >= 15 is 0 Å². The molecule has 1 unspecified atom stereocenters. The van der Waals surface area contributed by atoms with Crippen LogP contribution in [0.5, 0.6) is 5.75 Å². The van der Waals surface area contributed by atoms with Gasteiger partial charge in [-0.2, -0.15) is 0 Å². The number of aromatic nitrogens is 2. The number of para-hydroxylation sites is 3. The van der Waals surface area contributed by atoms with Crippen LogP contribution in [0.25, 0.3) is 11.0 Å². The fraction of sp³-hybridized carbons (Fsp3) is 0.333. The highest BCUT2D eigenvalue weighted by Crippen LogP contribution is 2.18. The lowest BCUT2D eigenvalue weighted by molar-refractivity contribution is -0.122. The van der Waals surface area contributed by atoms with Crippen molar-refractivity contribution in [3.63, 3.8) is 0 Å². The number of nitrogens with zero attached hydrogens (tertiary/aromatic N) is 2. The van der Waals surface area contributed by atoms with Gasteiger partial charge in [0.25, 0.3) is 0 Å². The Morgan fingerprint density at radius 3 is 2.81 bits per heavy atom. The van der Waals surface area contributed by atoms with Gasteiger partial charge in [0.2, 0.25) is 5.91 Å². The molecule has 1 amide bonds. The van der Waals surface area contributed by atoms with Crippen LogP contribution in [-0.2, 0) is 22.7 Å². The number of imidazole rings is 1. The minimum absolute atomic E-state index is 0.0467. The van der Waals surface area contributed by atoms with Crippen LogP contribution in [0.3, 0.4) is 0 Å². The van der Waals surface area contributed by atoms with E-state index in [9.17, 15) is 4.79 Å². The standard InChI is InChI=1S/C21H23N3O3/c25-21(22-13-17-9-6-12-26-17)14-24-19-11-5-4-10-18(19)23-20(24)15-27-16-7-2-1-3-8-16/h1-5,7-8,10-11,17H,6,9,12-15H2,(H,22,25). The van der Waals surface area contributed by atoms with E-state index in [-0.39, 0.29) is 18.6 Å². The summed E-state index contributed by atoms with van der Waals surface area (Å²) in [5, 5.41) is 2.98. The van der Waals surface area contributed by atoms with Crippen molar-refractivity contribution in [3.05, 3.63) is 60.4 Å². The van der Waals surface area contributed by atoms with Crippen molar-refractivity contribution in [2.45, 2.75) is 32.1 Å². The number of ether oxygens (including phenoxy) is 2. The third kappa shape index (κ3) is 4.28. The average Bonchev–Trinajstić information content (AvgIpc) is 3.34. The first-order valence-electron chi connectivity index (χ1n) is 9.30. The van der Waals surface area contributed by atoms with E-state index in [4.69, 9.17) is 9.47 Å². The molecule has 1 saturated heterocycles. The van der Waals surface area contributed by atoms with Crippen LogP contribution < -0.4 is 10.1 Å². The molecule has 1 atom stereocenters. The van der Waals surface area contributed by atoms with Crippen LogP contribution in [-0.4, -0.2) is 34.7 Å². The quantitative estimate of drug-likeness (QED) is 0.699. The molecule has 6 heteroatoms. The van der Waals surface area contributed by atoms with E-state index in [1.807, 2.05) is 59.2 Å². The van der Waals surface area contributed by atoms with Crippen LogP contribution in [0, 0.1) is 0 Å². The molecule has 1 aromatic heterocycles. The van der Waals surface area contributed by atoms with E-state index in [0.29, 0.717) is 13.2 Å². The van der Waals surface area contributed by atoms with Crippen molar-refractivity contribution in [2.75, 3.05) is 13.2 Å². The highest BCUT2D eigenvalue weighted by atomic mass is 16.5. The van der Waals surface area contributed by atoms with Crippen molar-refractivity contribution >= 4 is 16.9 Å². The summed E-state index contributed by atoms with van der Waals surface area (Å²) in [5.74, 6) is 1.46. The second-order valence-corrected chi connectivity index (χ2v) is 6.64. The van der Waals surface area contributed by atoms with Gasteiger partial charge in [0.15, 0.2) is 0 Å². The highest BCUT2D eigenvalue weighted by Gasteiger charge is 2.18. The second kappa shape index (κ2) is 8.22.